The maximum absolute atomic E-state index is 12.1. The van der Waals surface area contributed by atoms with Crippen LogP contribution in [0.2, 0.25) is 0 Å². The molecule has 1 aromatic rings. The Balaban J connectivity index is 1.92. The molecule has 1 aliphatic heterocycles. The van der Waals surface area contributed by atoms with Crippen LogP contribution in [0.5, 0.6) is 0 Å². The summed E-state index contributed by atoms with van der Waals surface area (Å²) in [5.41, 5.74) is 0.933. The van der Waals surface area contributed by atoms with Gasteiger partial charge in [0.05, 0.1) is 11.8 Å². The lowest BCUT2D eigenvalue weighted by Gasteiger charge is -2.23. The van der Waals surface area contributed by atoms with E-state index in [4.69, 9.17) is 0 Å². The van der Waals surface area contributed by atoms with E-state index in [0.29, 0.717) is 0 Å². The summed E-state index contributed by atoms with van der Waals surface area (Å²) in [6, 6.07) is -0.250. The van der Waals surface area contributed by atoms with Crippen molar-refractivity contribution in [1.29, 1.82) is 0 Å². The number of piperidine rings is 1. The Morgan fingerprint density at radius 1 is 1.63 bits per heavy atom. The van der Waals surface area contributed by atoms with Crippen molar-refractivity contribution in [3.8, 4) is 0 Å². The highest BCUT2D eigenvalue weighted by molar-refractivity contribution is 7.89. The largest absolute Gasteiger partial charge is 0.316 e. The van der Waals surface area contributed by atoms with Crippen LogP contribution in [0.15, 0.2) is 5.38 Å². The van der Waals surface area contributed by atoms with E-state index in [1.807, 2.05) is 19.2 Å². The van der Waals surface area contributed by atoms with Crippen LogP contribution in [0.25, 0.3) is 0 Å². The summed E-state index contributed by atoms with van der Waals surface area (Å²) in [6.45, 7) is 5.55. The van der Waals surface area contributed by atoms with Gasteiger partial charge in [0.1, 0.15) is 5.01 Å². The number of aromatic nitrogens is 1. The van der Waals surface area contributed by atoms with Gasteiger partial charge in [0.2, 0.25) is 10.0 Å². The molecule has 0 radical (unpaired) electrons. The van der Waals surface area contributed by atoms with Gasteiger partial charge in [0.25, 0.3) is 0 Å². The van der Waals surface area contributed by atoms with Gasteiger partial charge in [-0.1, -0.05) is 0 Å². The third kappa shape index (κ3) is 4.52. The van der Waals surface area contributed by atoms with Crippen LogP contribution in [0.3, 0.4) is 0 Å². The molecule has 2 rings (SSSR count). The van der Waals surface area contributed by atoms with Gasteiger partial charge in [0.15, 0.2) is 0 Å². The molecule has 0 bridgehead atoms. The smallest absolute Gasteiger partial charge is 0.212 e. The summed E-state index contributed by atoms with van der Waals surface area (Å²) >= 11 is 1.49. The van der Waals surface area contributed by atoms with Crippen molar-refractivity contribution in [2.24, 2.45) is 5.92 Å². The summed E-state index contributed by atoms with van der Waals surface area (Å²) in [5.74, 6) is 0.422. The first-order chi connectivity index (χ1) is 8.96. The highest BCUT2D eigenvalue weighted by Gasteiger charge is 2.23. The van der Waals surface area contributed by atoms with E-state index in [1.165, 1.54) is 11.3 Å². The van der Waals surface area contributed by atoms with Crippen LogP contribution in [0, 0.1) is 12.8 Å². The molecule has 2 heterocycles. The van der Waals surface area contributed by atoms with Crippen molar-refractivity contribution in [2.75, 3.05) is 18.8 Å². The minimum absolute atomic E-state index is 0.203. The molecule has 2 unspecified atom stereocenters. The van der Waals surface area contributed by atoms with Crippen molar-refractivity contribution < 1.29 is 8.42 Å². The van der Waals surface area contributed by atoms with Gasteiger partial charge in [-0.25, -0.2) is 18.1 Å². The number of thiazole rings is 1. The Kier molecular flexibility index (Phi) is 4.94. The lowest BCUT2D eigenvalue weighted by Crippen LogP contribution is -2.38. The Morgan fingerprint density at radius 3 is 3.00 bits per heavy atom. The van der Waals surface area contributed by atoms with Crippen LogP contribution in [0.4, 0.5) is 0 Å². The van der Waals surface area contributed by atoms with E-state index in [9.17, 15) is 8.42 Å². The van der Waals surface area contributed by atoms with Crippen LogP contribution in [-0.2, 0) is 10.0 Å². The van der Waals surface area contributed by atoms with Crippen molar-refractivity contribution in [3.05, 3.63) is 16.1 Å². The zero-order valence-corrected chi connectivity index (χ0v) is 13.0. The maximum Gasteiger partial charge on any atom is 0.212 e. The Bertz CT molecular complexity index is 507. The van der Waals surface area contributed by atoms with Gasteiger partial charge in [0, 0.05) is 11.1 Å². The second-order valence-corrected chi connectivity index (χ2v) is 7.85. The van der Waals surface area contributed by atoms with Crippen molar-refractivity contribution in [3.63, 3.8) is 0 Å². The number of hydrogen-bond acceptors (Lipinski definition) is 5. The van der Waals surface area contributed by atoms with Gasteiger partial charge < -0.3 is 5.32 Å². The first-order valence-electron chi connectivity index (χ1n) is 6.59. The zero-order chi connectivity index (χ0) is 13.9. The quantitative estimate of drug-likeness (QED) is 0.863. The summed E-state index contributed by atoms with van der Waals surface area (Å²) in [7, 11) is -3.24. The van der Waals surface area contributed by atoms with Gasteiger partial charge in [-0.15, -0.1) is 11.3 Å². The SMILES string of the molecule is Cc1csc(C(C)NS(=O)(=O)CC2CCCNC2)n1. The number of nitrogens with one attached hydrogen (secondary N) is 2. The molecule has 2 atom stereocenters. The number of sulfonamides is 1. The normalized spacial score (nSPS) is 22.3. The summed E-state index contributed by atoms with van der Waals surface area (Å²) in [6.07, 6.45) is 2.04. The lowest BCUT2D eigenvalue weighted by atomic mass is 10.0. The fourth-order valence-electron chi connectivity index (χ4n) is 2.32. The molecular formula is C12H21N3O2S2. The molecular weight excluding hydrogens is 282 g/mol. The molecule has 19 heavy (non-hydrogen) atoms. The number of aryl methyl sites for hydroxylation is 1. The van der Waals surface area contributed by atoms with Crippen LogP contribution in [0.1, 0.15) is 36.5 Å². The van der Waals surface area contributed by atoms with E-state index >= 15 is 0 Å². The summed E-state index contributed by atoms with van der Waals surface area (Å²) < 4.78 is 27.0. The highest BCUT2D eigenvalue weighted by atomic mass is 32.2. The minimum Gasteiger partial charge on any atom is -0.316 e. The van der Waals surface area contributed by atoms with E-state index in [-0.39, 0.29) is 17.7 Å². The molecule has 108 valence electrons. The molecule has 1 saturated heterocycles. The molecule has 0 spiro atoms. The summed E-state index contributed by atoms with van der Waals surface area (Å²) in [4.78, 5) is 4.32. The minimum atomic E-state index is -3.24. The third-order valence-electron chi connectivity index (χ3n) is 3.22. The fraction of sp³-hybridized carbons (Fsp3) is 0.750. The van der Waals surface area contributed by atoms with Gasteiger partial charge >= 0.3 is 0 Å². The topological polar surface area (TPSA) is 71.1 Å². The fourth-order valence-corrected chi connectivity index (χ4v) is 4.85. The van der Waals surface area contributed by atoms with E-state index < -0.39 is 10.0 Å². The molecule has 0 amide bonds. The predicted molar refractivity (Wildman–Crippen MR) is 77.8 cm³/mol. The van der Waals surface area contributed by atoms with Crippen molar-refractivity contribution in [2.45, 2.75) is 32.7 Å². The Morgan fingerprint density at radius 2 is 2.42 bits per heavy atom. The standard InChI is InChI=1S/C12H21N3O2S2/c1-9-7-18-12(14-9)10(2)15-19(16,17)8-11-4-3-5-13-6-11/h7,10-11,13,15H,3-6,8H2,1-2H3. The van der Waals surface area contributed by atoms with E-state index in [2.05, 4.69) is 15.0 Å². The van der Waals surface area contributed by atoms with Crippen molar-refractivity contribution >= 4 is 21.4 Å². The van der Waals surface area contributed by atoms with Crippen molar-refractivity contribution in [1.82, 2.24) is 15.0 Å². The van der Waals surface area contributed by atoms with E-state index in [0.717, 1.165) is 36.6 Å². The predicted octanol–water partition coefficient (Wildman–Crippen LogP) is 1.43. The molecule has 1 aromatic heterocycles. The molecule has 5 nitrogen and oxygen atoms in total. The number of rotatable bonds is 5. The molecule has 1 aliphatic rings. The maximum atomic E-state index is 12.1. The molecule has 2 N–H and O–H groups in total. The van der Waals surface area contributed by atoms with E-state index in [1.54, 1.807) is 0 Å². The molecule has 0 aromatic carbocycles. The van der Waals surface area contributed by atoms with Gasteiger partial charge in [-0.05, 0) is 45.7 Å². The Labute approximate surface area is 118 Å². The average molecular weight is 303 g/mol. The second-order valence-electron chi connectivity index (χ2n) is 5.16. The monoisotopic (exact) mass is 303 g/mol. The van der Waals surface area contributed by atoms with Crippen LogP contribution >= 0.6 is 11.3 Å². The Hall–Kier alpha value is -0.500. The lowest BCUT2D eigenvalue weighted by molar-refractivity contribution is 0.402. The summed E-state index contributed by atoms with van der Waals surface area (Å²) in [5, 5.41) is 6.00. The number of nitrogens with zero attached hydrogens (tertiary/aromatic N) is 1. The average Bonchev–Trinajstić information content (AvgIpc) is 2.76. The number of hydrogen-bond donors (Lipinski definition) is 2. The first kappa shape index (κ1) is 14.9. The van der Waals surface area contributed by atoms with Gasteiger partial charge in [-0.2, -0.15) is 0 Å². The first-order valence-corrected chi connectivity index (χ1v) is 9.12. The second kappa shape index (κ2) is 6.30. The molecule has 0 saturated carbocycles. The zero-order valence-electron chi connectivity index (χ0n) is 11.3. The van der Waals surface area contributed by atoms with Crippen LogP contribution in [-0.4, -0.2) is 32.2 Å². The highest BCUT2D eigenvalue weighted by Crippen LogP contribution is 2.19. The van der Waals surface area contributed by atoms with Crippen LogP contribution < -0.4 is 10.0 Å². The molecule has 7 heteroatoms. The van der Waals surface area contributed by atoms with Gasteiger partial charge in [-0.3, -0.25) is 0 Å². The third-order valence-corrected chi connectivity index (χ3v) is 5.99. The molecule has 0 aliphatic carbocycles. The molecule has 1 fully saturated rings.